The van der Waals surface area contributed by atoms with Crippen LogP contribution in [0.1, 0.15) is 26.2 Å². The van der Waals surface area contributed by atoms with Gasteiger partial charge in [-0.25, -0.2) is 0 Å². The summed E-state index contributed by atoms with van der Waals surface area (Å²) < 4.78 is 5.29. The lowest BCUT2D eigenvalue weighted by atomic mass is 10.1. The average Bonchev–Trinajstić information content (AvgIpc) is 2.19. The summed E-state index contributed by atoms with van der Waals surface area (Å²) in [5.41, 5.74) is 0. The Morgan fingerprint density at radius 3 is 2.62 bits per heavy atom. The maximum absolute atomic E-state index is 9.49. The van der Waals surface area contributed by atoms with Crippen molar-refractivity contribution in [2.45, 2.75) is 38.3 Å². The highest BCUT2D eigenvalue weighted by atomic mass is 16.5. The van der Waals surface area contributed by atoms with E-state index >= 15 is 0 Å². The minimum atomic E-state index is -0.173. The largest absolute Gasteiger partial charge is 0.392 e. The van der Waals surface area contributed by atoms with Gasteiger partial charge in [-0.1, -0.05) is 6.92 Å². The lowest BCUT2D eigenvalue weighted by molar-refractivity contribution is 0.0250. The highest BCUT2D eigenvalue weighted by Gasteiger charge is 2.19. The van der Waals surface area contributed by atoms with Crippen molar-refractivity contribution in [2.24, 2.45) is 0 Å². The molecule has 1 rings (SSSR count). The molecule has 1 heterocycles. The molecule has 1 aliphatic rings. The Morgan fingerprint density at radius 2 is 2.08 bits per heavy atom. The monoisotopic (exact) mass is 187 g/mol. The van der Waals surface area contributed by atoms with E-state index in [0.717, 1.165) is 39.0 Å². The van der Waals surface area contributed by atoms with Gasteiger partial charge in [0.1, 0.15) is 0 Å². The van der Waals surface area contributed by atoms with Gasteiger partial charge in [-0.15, -0.1) is 0 Å². The van der Waals surface area contributed by atoms with E-state index < -0.39 is 0 Å². The summed E-state index contributed by atoms with van der Waals surface area (Å²) in [5.74, 6) is 0. The Labute approximate surface area is 80.7 Å². The zero-order valence-electron chi connectivity index (χ0n) is 8.70. The Hall–Kier alpha value is -0.120. The fraction of sp³-hybridized carbons (Fsp3) is 1.00. The minimum absolute atomic E-state index is 0.173. The third kappa shape index (κ3) is 3.63. The van der Waals surface area contributed by atoms with Crippen LogP contribution in [0, 0.1) is 0 Å². The third-order valence-electron chi connectivity index (χ3n) is 2.78. The summed E-state index contributed by atoms with van der Waals surface area (Å²) in [6.45, 7) is 4.55. The molecule has 0 aromatic heterocycles. The number of aliphatic hydroxyl groups is 1. The first-order valence-electron chi connectivity index (χ1n) is 5.20. The van der Waals surface area contributed by atoms with Crippen molar-refractivity contribution in [1.82, 2.24) is 4.90 Å². The summed E-state index contributed by atoms with van der Waals surface area (Å²) >= 11 is 0. The first-order chi connectivity index (χ1) is 6.24. The van der Waals surface area contributed by atoms with E-state index in [2.05, 4.69) is 11.9 Å². The highest BCUT2D eigenvalue weighted by Crippen LogP contribution is 2.13. The van der Waals surface area contributed by atoms with E-state index in [-0.39, 0.29) is 6.10 Å². The van der Waals surface area contributed by atoms with Crippen molar-refractivity contribution in [3.63, 3.8) is 0 Å². The molecule has 0 radical (unpaired) electrons. The number of aliphatic hydroxyl groups excluding tert-OH is 1. The number of rotatable bonds is 4. The van der Waals surface area contributed by atoms with Gasteiger partial charge in [0.15, 0.2) is 0 Å². The molecule has 1 N–H and O–H groups in total. The normalized spacial score (nSPS) is 22.2. The van der Waals surface area contributed by atoms with Crippen molar-refractivity contribution < 1.29 is 9.84 Å². The summed E-state index contributed by atoms with van der Waals surface area (Å²) in [5, 5.41) is 9.49. The van der Waals surface area contributed by atoms with Crippen molar-refractivity contribution in [1.29, 1.82) is 0 Å². The predicted molar refractivity (Wildman–Crippen MR) is 52.8 cm³/mol. The second-order valence-electron chi connectivity index (χ2n) is 3.85. The summed E-state index contributed by atoms with van der Waals surface area (Å²) in [6.07, 6.45) is 2.88. The Balaban J connectivity index is 2.24. The molecule has 0 bridgehead atoms. The molecule has 78 valence electrons. The molecule has 0 aromatic rings. The topological polar surface area (TPSA) is 32.7 Å². The zero-order valence-corrected chi connectivity index (χ0v) is 8.70. The average molecular weight is 187 g/mol. The molecule has 0 aliphatic carbocycles. The molecular weight excluding hydrogens is 166 g/mol. The van der Waals surface area contributed by atoms with E-state index in [4.69, 9.17) is 4.74 Å². The fourth-order valence-electron chi connectivity index (χ4n) is 1.74. The minimum Gasteiger partial charge on any atom is -0.392 e. The molecule has 0 saturated carbocycles. The van der Waals surface area contributed by atoms with Crippen molar-refractivity contribution >= 4 is 0 Å². The second-order valence-corrected chi connectivity index (χ2v) is 3.85. The molecular formula is C10H21NO2. The molecule has 1 unspecified atom stereocenters. The van der Waals surface area contributed by atoms with Crippen LogP contribution in [-0.4, -0.2) is 49.0 Å². The second kappa shape index (κ2) is 5.58. The van der Waals surface area contributed by atoms with Crippen LogP contribution in [-0.2, 0) is 4.74 Å². The van der Waals surface area contributed by atoms with Crippen LogP contribution in [0.25, 0.3) is 0 Å². The fourth-order valence-corrected chi connectivity index (χ4v) is 1.74. The molecule has 3 nitrogen and oxygen atoms in total. The first kappa shape index (κ1) is 11.0. The highest BCUT2D eigenvalue weighted by molar-refractivity contribution is 4.73. The molecule has 1 aliphatic heterocycles. The molecule has 1 fully saturated rings. The van der Waals surface area contributed by atoms with Crippen LogP contribution in [0.2, 0.25) is 0 Å². The standard InChI is InChI=1S/C10H21NO2/c1-3-10(12)8-11(2)9-4-6-13-7-5-9/h9-10,12H,3-8H2,1-2H3. The maximum Gasteiger partial charge on any atom is 0.0664 e. The number of ether oxygens (including phenoxy) is 1. The van der Waals surface area contributed by atoms with Gasteiger partial charge in [0.05, 0.1) is 6.10 Å². The molecule has 13 heavy (non-hydrogen) atoms. The van der Waals surface area contributed by atoms with Crippen molar-refractivity contribution in [3.8, 4) is 0 Å². The molecule has 1 saturated heterocycles. The van der Waals surface area contributed by atoms with Gasteiger partial charge in [0, 0.05) is 25.8 Å². The molecule has 1 atom stereocenters. The predicted octanol–water partition coefficient (Wildman–Crippen LogP) is 0.868. The van der Waals surface area contributed by atoms with Gasteiger partial charge < -0.3 is 14.7 Å². The zero-order chi connectivity index (χ0) is 9.68. The molecule has 0 spiro atoms. The molecule has 3 heteroatoms. The van der Waals surface area contributed by atoms with Crippen LogP contribution in [0.5, 0.6) is 0 Å². The lowest BCUT2D eigenvalue weighted by Gasteiger charge is -2.32. The Kier molecular flexibility index (Phi) is 4.70. The first-order valence-corrected chi connectivity index (χ1v) is 5.20. The maximum atomic E-state index is 9.49. The van der Waals surface area contributed by atoms with Crippen molar-refractivity contribution in [3.05, 3.63) is 0 Å². The SMILES string of the molecule is CCC(O)CN(C)C1CCOCC1. The van der Waals surface area contributed by atoms with Gasteiger partial charge in [0.2, 0.25) is 0 Å². The number of likely N-dealkylation sites (N-methyl/N-ethyl adjacent to an activating group) is 1. The van der Waals surface area contributed by atoms with Crippen molar-refractivity contribution in [2.75, 3.05) is 26.8 Å². The van der Waals surface area contributed by atoms with E-state index in [1.165, 1.54) is 0 Å². The van der Waals surface area contributed by atoms with Gasteiger partial charge in [0.25, 0.3) is 0 Å². The van der Waals surface area contributed by atoms with E-state index in [1.54, 1.807) is 0 Å². The van der Waals surface area contributed by atoms with Crippen LogP contribution in [0.15, 0.2) is 0 Å². The van der Waals surface area contributed by atoms with Crippen LogP contribution in [0.3, 0.4) is 0 Å². The Morgan fingerprint density at radius 1 is 1.46 bits per heavy atom. The van der Waals surface area contributed by atoms with Gasteiger partial charge in [-0.3, -0.25) is 0 Å². The van der Waals surface area contributed by atoms with E-state index in [1.807, 2.05) is 6.92 Å². The van der Waals surface area contributed by atoms with Gasteiger partial charge in [-0.2, -0.15) is 0 Å². The summed E-state index contributed by atoms with van der Waals surface area (Å²) in [6, 6.07) is 0.606. The number of hydrogen-bond donors (Lipinski definition) is 1. The quantitative estimate of drug-likeness (QED) is 0.709. The summed E-state index contributed by atoms with van der Waals surface area (Å²) in [4.78, 5) is 2.26. The van der Waals surface area contributed by atoms with Crippen LogP contribution < -0.4 is 0 Å². The van der Waals surface area contributed by atoms with Crippen LogP contribution in [0.4, 0.5) is 0 Å². The summed E-state index contributed by atoms with van der Waals surface area (Å²) in [7, 11) is 2.09. The smallest absolute Gasteiger partial charge is 0.0664 e. The van der Waals surface area contributed by atoms with E-state index in [0.29, 0.717) is 6.04 Å². The number of hydrogen-bond acceptors (Lipinski definition) is 3. The van der Waals surface area contributed by atoms with Gasteiger partial charge in [-0.05, 0) is 26.3 Å². The molecule has 0 aromatic carbocycles. The lowest BCUT2D eigenvalue weighted by Crippen LogP contribution is -2.40. The van der Waals surface area contributed by atoms with Gasteiger partial charge >= 0.3 is 0 Å². The Bertz CT molecular complexity index is 135. The van der Waals surface area contributed by atoms with Crippen LogP contribution >= 0.6 is 0 Å². The van der Waals surface area contributed by atoms with E-state index in [9.17, 15) is 5.11 Å². The molecule has 0 amide bonds. The number of nitrogens with zero attached hydrogens (tertiary/aromatic N) is 1. The third-order valence-corrected chi connectivity index (χ3v) is 2.78.